The topological polar surface area (TPSA) is 29.5 Å². The lowest BCUT2D eigenvalue weighted by Gasteiger charge is -2.25. The van der Waals surface area contributed by atoms with Crippen LogP contribution in [0, 0.1) is 5.92 Å². The lowest BCUT2D eigenvalue weighted by molar-refractivity contribution is 0.110. The van der Waals surface area contributed by atoms with Crippen LogP contribution in [0.4, 0.5) is 4.79 Å². The Morgan fingerprint density at radius 2 is 1.75 bits per heavy atom. The van der Waals surface area contributed by atoms with Gasteiger partial charge >= 0.3 is 6.09 Å². The molecule has 16 heavy (non-hydrogen) atoms. The zero-order valence-electron chi connectivity index (χ0n) is 11.5. The molecule has 0 aliphatic rings. The second-order valence-electron chi connectivity index (χ2n) is 5.00. The highest BCUT2D eigenvalue weighted by molar-refractivity contribution is 5.67. The lowest BCUT2D eigenvalue weighted by atomic mass is 10.1. The van der Waals surface area contributed by atoms with E-state index in [1.54, 1.807) is 4.90 Å². The summed E-state index contributed by atoms with van der Waals surface area (Å²) >= 11 is 0. The van der Waals surface area contributed by atoms with Crippen molar-refractivity contribution >= 4 is 6.09 Å². The second kappa shape index (κ2) is 8.43. The number of unbranched alkanes of at least 4 members (excludes halogenated alkanes) is 2. The molecule has 1 amide bonds. The maximum absolute atomic E-state index is 11.4. The van der Waals surface area contributed by atoms with Crippen molar-refractivity contribution in [2.24, 2.45) is 5.92 Å². The molecule has 0 aromatic rings. The molecule has 0 radical (unpaired) electrons. The van der Waals surface area contributed by atoms with Gasteiger partial charge in [-0.15, -0.1) is 0 Å². The molecule has 0 aromatic carbocycles. The number of ether oxygens (including phenoxy) is 1. The van der Waals surface area contributed by atoms with E-state index in [2.05, 4.69) is 13.8 Å². The third-order valence-electron chi connectivity index (χ3n) is 2.71. The van der Waals surface area contributed by atoms with Gasteiger partial charge in [0.25, 0.3) is 0 Å². The Kier molecular flexibility index (Phi) is 8.04. The van der Waals surface area contributed by atoms with Crippen LogP contribution in [-0.4, -0.2) is 30.7 Å². The molecule has 0 saturated carbocycles. The van der Waals surface area contributed by atoms with Crippen molar-refractivity contribution in [2.75, 3.05) is 13.7 Å². The Morgan fingerprint density at radius 1 is 1.12 bits per heavy atom. The first-order valence-corrected chi connectivity index (χ1v) is 6.33. The first-order valence-electron chi connectivity index (χ1n) is 6.33. The molecule has 0 heterocycles. The highest BCUT2D eigenvalue weighted by Crippen LogP contribution is 2.10. The smallest absolute Gasteiger partial charge is 0.409 e. The summed E-state index contributed by atoms with van der Waals surface area (Å²) in [6.07, 6.45) is 4.59. The second-order valence-corrected chi connectivity index (χ2v) is 5.00. The number of carbonyl (C=O) groups is 1. The summed E-state index contributed by atoms with van der Waals surface area (Å²) in [5.74, 6) is 0.779. The number of hydrogen-bond acceptors (Lipinski definition) is 2. The van der Waals surface area contributed by atoms with E-state index in [-0.39, 0.29) is 12.1 Å². The molecular formula is C13H27NO2. The van der Waals surface area contributed by atoms with Crippen molar-refractivity contribution < 1.29 is 9.53 Å². The molecule has 0 fully saturated rings. The van der Waals surface area contributed by atoms with Crippen LogP contribution >= 0.6 is 0 Å². The standard InChI is InChI=1S/C13H27NO2/c1-11(2)9-7-6-8-10-14(12(3)4)13(15)16-5/h11-12H,6-10H2,1-5H3. The average Bonchev–Trinajstić information content (AvgIpc) is 2.21. The number of amides is 1. The van der Waals surface area contributed by atoms with Gasteiger partial charge in [-0.2, -0.15) is 0 Å². The molecule has 0 spiro atoms. The van der Waals surface area contributed by atoms with Crippen molar-refractivity contribution in [2.45, 2.75) is 59.4 Å². The van der Waals surface area contributed by atoms with Crippen LogP contribution in [-0.2, 0) is 4.74 Å². The molecule has 96 valence electrons. The fraction of sp³-hybridized carbons (Fsp3) is 0.923. The van der Waals surface area contributed by atoms with Crippen molar-refractivity contribution in [1.82, 2.24) is 4.90 Å². The fourth-order valence-corrected chi connectivity index (χ4v) is 1.69. The first kappa shape index (κ1) is 15.3. The van der Waals surface area contributed by atoms with E-state index in [1.807, 2.05) is 13.8 Å². The van der Waals surface area contributed by atoms with E-state index in [0.29, 0.717) is 0 Å². The monoisotopic (exact) mass is 229 g/mol. The van der Waals surface area contributed by atoms with Crippen LogP contribution in [0.1, 0.15) is 53.4 Å². The van der Waals surface area contributed by atoms with Gasteiger partial charge in [0.1, 0.15) is 0 Å². The minimum Gasteiger partial charge on any atom is -0.453 e. The van der Waals surface area contributed by atoms with Gasteiger partial charge in [0, 0.05) is 12.6 Å². The Bertz CT molecular complexity index is 190. The number of nitrogens with zero attached hydrogens (tertiary/aromatic N) is 1. The van der Waals surface area contributed by atoms with Gasteiger partial charge in [0.05, 0.1) is 7.11 Å². The van der Waals surface area contributed by atoms with E-state index < -0.39 is 0 Å². The quantitative estimate of drug-likeness (QED) is 0.623. The van der Waals surface area contributed by atoms with Gasteiger partial charge in [0.15, 0.2) is 0 Å². The highest BCUT2D eigenvalue weighted by Gasteiger charge is 2.16. The van der Waals surface area contributed by atoms with Crippen LogP contribution in [0.3, 0.4) is 0 Å². The first-order chi connectivity index (χ1) is 7.49. The maximum Gasteiger partial charge on any atom is 0.409 e. The largest absolute Gasteiger partial charge is 0.453 e. The Morgan fingerprint density at radius 3 is 2.19 bits per heavy atom. The van der Waals surface area contributed by atoms with E-state index >= 15 is 0 Å². The van der Waals surface area contributed by atoms with E-state index in [1.165, 1.54) is 26.4 Å². The van der Waals surface area contributed by atoms with Gasteiger partial charge in [0.2, 0.25) is 0 Å². The number of methoxy groups -OCH3 is 1. The SMILES string of the molecule is COC(=O)N(CCCCCC(C)C)C(C)C. The molecule has 0 bridgehead atoms. The fourth-order valence-electron chi connectivity index (χ4n) is 1.69. The minimum absolute atomic E-state index is 0.209. The molecule has 3 nitrogen and oxygen atoms in total. The summed E-state index contributed by atoms with van der Waals surface area (Å²) in [5.41, 5.74) is 0. The number of carbonyl (C=O) groups excluding carboxylic acids is 1. The van der Waals surface area contributed by atoms with Gasteiger partial charge in [-0.25, -0.2) is 4.79 Å². The molecule has 0 saturated heterocycles. The average molecular weight is 229 g/mol. The van der Waals surface area contributed by atoms with Gasteiger partial charge in [-0.05, 0) is 26.2 Å². The van der Waals surface area contributed by atoms with Crippen molar-refractivity contribution in [1.29, 1.82) is 0 Å². The molecular weight excluding hydrogens is 202 g/mol. The predicted molar refractivity (Wildman–Crippen MR) is 67.6 cm³/mol. The summed E-state index contributed by atoms with van der Waals surface area (Å²) in [4.78, 5) is 13.2. The molecule has 0 aromatic heterocycles. The van der Waals surface area contributed by atoms with Crippen LogP contribution in [0.2, 0.25) is 0 Å². The highest BCUT2D eigenvalue weighted by atomic mass is 16.5. The van der Waals surface area contributed by atoms with Crippen LogP contribution in [0.25, 0.3) is 0 Å². The van der Waals surface area contributed by atoms with Crippen LogP contribution < -0.4 is 0 Å². The Labute approximate surface area is 100 Å². The molecule has 0 atom stereocenters. The predicted octanol–water partition coefficient (Wildman–Crippen LogP) is 3.68. The molecule has 0 N–H and O–H groups in total. The van der Waals surface area contributed by atoms with Gasteiger partial charge < -0.3 is 9.64 Å². The van der Waals surface area contributed by atoms with E-state index in [0.717, 1.165) is 18.9 Å². The Balaban J connectivity index is 3.73. The zero-order valence-corrected chi connectivity index (χ0v) is 11.5. The van der Waals surface area contributed by atoms with Gasteiger partial charge in [-0.1, -0.05) is 33.1 Å². The molecule has 0 unspecified atom stereocenters. The third kappa shape index (κ3) is 6.70. The van der Waals surface area contributed by atoms with E-state index in [9.17, 15) is 4.79 Å². The summed E-state index contributed by atoms with van der Waals surface area (Å²) in [6.45, 7) is 9.34. The molecule has 0 aliphatic heterocycles. The minimum atomic E-state index is -0.209. The Hall–Kier alpha value is -0.730. The number of hydrogen-bond donors (Lipinski definition) is 0. The molecule has 3 heteroatoms. The third-order valence-corrected chi connectivity index (χ3v) is 2.71. The summed E-state index contributed by atoms with van der Waals surface area (Å²) in [5, 5.41) is 0. The van der Waals surface area contributed by atoms with Crippen molar-refractivity contribution in [3.8, 4) is 0 Å². The summed E-state index contributed by atoms with van der Waals surface area (Å²) in [7, 11) is 1.44. The summed E-state index contributed by atoms with van der Waals surface area (Å²) in [6, 6.07) is 0.220. The van der Waals surface area contributed by atoms with Crippen LogP contribution in [0.5, 0.6) is 0 Å². The molecule has 0 rings (SSSR count). The van der Waals surface area contributed by atoms with Gasteiger partial charge in [-0.3, -0.25) is 0 Å². The van der Waals surface area contributed by atoms with Crippen molar-refractivity contribution in [3.05, 3.63) is 0 Å². The molecule has 0 aliphatic carbocycles. The normalized spacial score (nSPS) is 10.9. The zero-order chi connectivity index (χ0) is 12.6. The number of rotatable bonds is 7. The van der Waals surface area contributed by atoms with Crippen LogP contribution in [0.15, 0.2) is 0 Å². The van der Waals surface area contributed by atoms with E-state index in [4.69, 9.17) is 4.74 Å². The lowest BCUT2D eigenvalue weighted by Crippen LogP contribution is -2.37. The maximum atomic E-state index is 11.4. The van der Waals surface area contributed by atoms with Crippen molar-refractivity contribution in [3.63, 3.8) is 0 Å². The summed E-state index contributed by atoms with van der Waals surface area (Å²) < 4.78 is 4.76.